The molecular weight excluding hydrogens is 343 g/mol. The van der Waals surface area contributed by atoms with E-state index in [1.165, 1.54) is 35.2 Å². The molecule has 0 aliphatic heterocycles. The molecule has 0 heterocycles. The number of nitrogens with zero attached hydrogens (tertiary/aromatic N) is 1. The van der Waals surface area contributed by atoms with Gasteiger partial charge in [0.05, 0.1) is 4.90 Å². The zero-order chi connectivity index (χ0) is 18.6. The molecule has 25 heavy (non-hydrogen) atoms. The molecule has 0 atom stereocenters. The average molecular weight is 364 g/mol. The van der Waals surface area contributed by atoms with Crippen LogP contribution in [0.4, 0.5) is 4.39 Å². The summed E-state index contributed by atoms with van der Waals surface area (Å²) in [5.74, 6) is -0.711. The first-order valence-electron chi connectivity index (χ1n) is 7.81. The molecule has 0 saturated carbocycles. The van der Waals surface area contributed by atoms with Crippen molar-refractivity contribution in [1.29, 1.82) is 0 Å². The van der Waals surface area contributed by atoms with Crippen molar-refractivity contribution in [2.24, 2.45) is 0 Å². The van der Waals surface area contributed by atoms with Gasteiger partial charge in [-0.1, -0.05) is 18.2 Å². The van der Waals surface area contributed by atoms with Crippen molar-refractivity contribution in [3.63, 3.8) is 0 Å². The lowest BCUT2D eigenvalue weighted by Crippen LogP contribution is -2.31. The molecule has 2 aromatic carbocycles. The summed E-state index contributed by atoms with van der Waals surface area (Å²) in [5, 5.41) is 0. The Labute approximate surface area is 147 Å². The first-order chi connectivity index (χ1) is 11.7. The second kappa shape index (κ2) is 7.76. The highest BCUT2D eigenvalue weighted by Crippen LogP contribution is 2.15. The largest absolute Gasteiger partial charge is 0.337 e. The number of amides is 1. The van der Waals surface area contributed by atoms with E-state index in [1.807, 2.05) is 0 Å². The fraction of sp³-hybridized carbons (Fsp3) is 0.278. The number of rotatable bonds is 6. The van der Waals surface area contributed by atoms with Crippen molar-refractivity contribution in [3.8, 4) is 0 Å². The molecule has 7 heteroatoms. The highest BCUT2D eigenvalue weighted by atomic mass is 32.2. The van der Waals surface area contributed by atoms with E-state index in [9.17, 15) is 17.6 Å². The second-order valence-electron chi connectivity index (χ2n) is 6.09. The molecule has 0 spiro atoms. The summed E-state index contributed by atoms with van der Waals surface area (Å²) in [6.45, 7) is 3.66. The van der Waals surface area contributed by atoms with Crippen LogP contribution in [0.1, 0.15) is 29.8 Å². The molecule has 2 aromatic rings. The Balaban J connectivity index is 2.20. The van der Waals surface area contributed by atoms with E-state index in [1.54, 1.807) is 39.1 Å². The molecule has 0 aliphatic carbocycles. The minimum atomic E-state index is -3.68. The second-order valence-corrected chi connectivity index (χ2v) is 7.81. The summed E-state index contributed by atoms with van der Waals surface area (Å²) in [6.07, 6.45) is 0. The molecule has 0 fully saturated rings. The Morgan fingerprint density at radius 1 is 1.16 bits per heavy atom. The van der Waals surface area contributed by atoms with E-state index in [-0.39, 0.29) is 34.8 Å². The van der Waals surface area contributed by atoms with Crippen molar-refractivity contribution in [2.45, 2.75) is 31.3 Å². The summed E-state index contributed by atoms with van der Waals surface area (Å²) < 4.78 is 40.2. The monoisotopic (exact) mass is 364 g/mol. The third-order valence-electron chi connectivity index (χ3n) is 3.44. The normalized spacial score (nSPS) is 11.6. The number of benzene rings is 2. The predicted molar refractivity (Wildman–Crippen MR) is 94.1 cm³/mol. The van der Waals surface area contributed by atoms with E-state index < -0.39 is 10.0 Å². The summed E-state index contributed by atoms with van der Waals surface area (Å²) in [5.41, 5.74) is 0.909. The number of carbonyl (C=O) groups is 1. The van der Waals surface area contributed by atoms with E-state index in [4.69, 9.17) is 0 Å². The van der Waals surface area contributed by atoms with Gasteiger partial charge in [-0.3, -0.25) is 4.79 Å². The number of carbonyl (C=O) groups excluding carboxylic acids is 1. The first-order valence-corrected chi connectivity index (χ1v) is 9.29. The van der Waals surface area contributed by atoms with Gasteiger partial charge in [-0.05, 0) is 49.7 Å². The van der Waals surface area contributed by atoms with Gasteiger partial charge in [0.2, 0.25) is 10.0 Å². The summed E-state index contributed by atoms with van der Waals surface area (Å²) in [4.78, 5) is 14.0. The third-order valence-corrected chi connectivity index (χ3v) is 5.09. The van der Waals surface area contributed by atoms with Crippen LogP contribution in [-0.2, 0) is 16.6 Å². The number of halogens is 1. The van der Waals surface area contributed by atoms with Crippen LogP contribution in [0.3, 0.4) is 0 Å². The molecule has 1 N–H and O–H groups in total. The third kappa shape index (κ3) is 5.11. The van der Waals surface area contributed by atoms with Crippen molar-refractivity contribution in [2.75, 3.05) is 7.05 Å². The van der Waals surface area contributed by atoms with E-state index in [2.05, 4.69) is 4.72 Å². The molecule has 2 rings (SSSR count). The van der Waals surface area contributed by atoms with Crippen molar-refractivity contribution >= 4 is 15.9 Å². The number of hydrogen-bond acceptors (Lipinski definition) is 3. The lowest BCUT2D eigenvalue weighted by atomic mass is 10.1. The van der Waals surface area contributed by atoms with Gasteiger partial charge in [0, 0.05) is 25.2 Å². The van der Waals surface area contributed by atoms with E-state index in [0.29, 0.717) is 5.56 Å². The summed E-state index contributed by atoms with van der Waals surface area (Å²) >= 11 is 0. The zero-order valence-electron chi connectivity index (χ0n) is 14.4. The van der Waals surface area contributed by atoms with Gasteiger partial charge in [0.25, 0.3) is 5.91 Å². The van der Waals surface area contributed by atoms with Crippen LogP contribution in [-0.4, -0.2) is 32.3 Å². The molecule has 5 nitrogen and oxygen atoms in total. The minimum absolute atomic E-state index is 0.0335. The van der Waals surface area contributed by atoms with Crippen LogP contribution in [0.15, 0.2) is 53.4 Å². The van der Waals surface area contributed by atoms with Gasteiger partial charge in [-0.15, -0.1) is 0 Å². The fourth-order valence-electron chi connectivity index (χ4n) is 2.38. The number of sulfonamides is 1. The van der Waals surface area contributed by atoms with E-state index in [0.717, 1.165) is 0 Å². The van der Waals surface area contributed by atoms with Gasteiger partial charge in [-0.25, -0.2) is 17.5 Å². The molecule has 0 radical (unpaired) electrons. The Hall–Kier alpha value is -2.25. The Morgan fingerprint density at radius 3 is 2.48 bits per heavy atom. The van der Waals surface area contributed by atoms with Crippen LogP contribution in [0.2, 0.25) is 0 Å². The molecule has 0 aliphatic rings. The van der Waals surface area contributed by atoms with Crippen molar-refractivity contribution < 1.29 is 17.6 Å². The zero-order valence-corrected chi connectivity index (χ0v) is 15.2. The SMILES string of the molecule is CC(C)NS(=O)(=O)c1cccc(C(=O)N(C)Cc2cccc(F)c2)c1. The van der Waals surface area contributed by atoms with Crippen LogP contribution in [0, 0.1) is 5.82 Å². The van der Waals surface area contributed by atoms with Crippen LogP contribution < -0.4 is 4.72 Å². The molecule has 0 aromatic heterocycles. The Kier molecular flexibility index (Phi) is 5.92. The highest BCUT2D eigenvalue weighted by Gasteiger charge is 2.19. The van der Waals surface area contributed by atoms with Gasteiger partial charge in [0.1, 0.15) is 5.82 Å². The number of nitrogens with one attached hydrogen (secondary N) is 1. The molecule has 0 unspecified atom stereocenters. The quantitative estimate of drug-likeness (QED) is 0.857. The topological polar surface area (TPSA) is 66.5 Å². The molecule has 0 saturated heterocycles. The lowest BCUT2D eigenvalue weighted by molar-refractivity contribution is 0.0784. The van der Waals surface area contributed by atoms with Gasteiger partial charge in [0.15, 0.2) is 0 Å². The van der Waals surface area contributed by atoms with Crippen LogP contribution in [0.5, 0.6) is 0 Å². The highest BCUT2D eigenvalue weighted by molar-refractivity contribution is 7.89. The maximum Gasteiger partial charge on any atom is 0.253 e. The summed E-state index contributed by atoms with van der Waals surface area (Å²) in [6, 6.07) is 11.6. The van der Waals surface area contributed by atoms with Crippen molar-refractivity contribution in [1.82, 2.24) is 9.62 Å². The predicted octanol–water partition coefficient (Wildman–Crippen LogP) is 2.78. The lowest BCUT2D eigenvalue weighted by Gasteiger charge is -2.18. The molecule has 0 bridgehead atoms. The van der Waals surface area contributed by atoms with Crippen LogP contribution in [0.25, 0.3) is 0 Å². The maximum atomic E-state index is 13.3. The minimum Gasteiger partial charge on any atom is -0.337 e. The fourth-order valence-corrected chi connectivity index (χ4v) is 3.67. The van der Waals surface area contributed by atoms with E-state index >= 15 is 0 Å². The summed E-state index contributed by atoms with van der Waals surface area (Å²) in [7, 11) is -2.09. The first kappa shape index (κ1) is 19.1. The standard InChI is InChI=1S/C18H21FN2O3S/c1-13(2)20-25(23,24)17-9-5-7-15(11-17)18(22)21(3)12-14-6-4-8-16(19)10-14/h4-11,13,20H,12H2,1-3H3. The molecule has 1 amide bonds. The Bertz CT molecular complexity index is 866. The van der Waals surface area contributed by atoms with Gasteiger partial charge >= 0.3 is 0 Å². The maximum absolute atomic E-state index is 13.3. The molecular formula is C18H21FN2O3S. The van der Waals surface area contributed by atoms with Crippen LogP contribution >= 0.6 is 0 Å². The van der Waals surface area contributed by atoms with Crippen molar-refractivity contribution in [3.05, 3.63) is 65.5 Å². The number of hydrogen-bond donors (Lipinski definition) is 1. The van der Waals surface area contributed by atoms with Gasteiger partial charge in [-0.2, -0.15) is 0 Å². The Morgan fingerprint density at radius 2 is 1.84 bits per heavy atom. The average Bonchev–Trinajstić information content (AvgIpc) is 2.53. The smallest absolute Gasteiger partial charge is 0.253 e. The molecule has 134 valence electrons. The van der Waals surface area contributed by atoms with Gasteiger partial charge < -0.3 is 4.90 Å².